The number of fused-ring (bicyclic) bond motifs is 1. The molecule has 8 nitrogen and oxygen atoms in total. The summed E-state index contributed by atoms with van der Waals surface area (Å²) in [5, 5.41) is 19.5. The number of anilines is 1. The minimum absolute atomic E-state index is 0.0908. The predicted molar refractivity (Wildman–Crippen MR) is 88.5 cm³/mol. The van der Waals surface area contributed by atoms with Gasteiger partial charge in [-0.05, 0) is 13.8 Å². The molecule has 9 heteroatoms. The summed E-state index contributed by atoms with van der Waals surface area (Å²) in [5.41, 5.74) is 8.34. The quantitative estimate of drug-likeness (QED) is 0.691. The second-order valence-electron chi connectivity index (χ2n) is 5.74. The molecule has 0 aliphatic carbocycles. The van der Waals surface area contributed by atoms with E-state index in [0.29, 0.717) is 45.9 Å². The predicted octanol–water partition coefficient (Wildman–Crippen LogP) is 1.03. The summed E-state index contributed by atoms with van der Waals surface area (Å²) in [4.78, 5) is 8.36. The summed E-state index contributed by atoms with van der Waals surface area (Å²) in [6, 6.07) is 0.0908. The zero-order valence-electron chi connectivity index (χ0n) is 13.6. The van der Waals surface area contributed by atoms with Crippen molar-refractivity contribution in [3.63, 3.8) is 0 Å². The van der Waals surface area contributed by atoms with Crippen molar-refractivity contribution in [3.8, 4) is 11.4 Å². The third kappa shape index (κ3) is 2.37. The molecule has 0 bridgehead atoms. The topological polar surface area (TPSA) is 116 Å². The molecule has 0 saturated carbocycles. The lowest BCUT2D eigenvalue weighted by molar-refractivity contribution is 0.389. The molecule has 0 aromatic carbocycles. The molecule has 0 aliphatic heterocycles. The summed E-state index contributed by atoms with van der Waals surface area (Å²) < 4.78 is 7.15. The van der Waals surface area contributed by atoms with Crippen molar-refractivity contribution in [3.05, 3.63) is 12.1 Å². The average Bonchev–Trinajstić information content (AvgIpc) is 3.08. The highest BCUT2D eigenvalue weighted by atomic mass is 16.5. The van der Waals surface area contributed by atoms with E-state index in [0.717, 1.165) is 0 Å². The molecule has 23 heavy (non-hydrogen) atoms. The van der Waals surface area contributed by atoms with Crippen LogP contribution in [0, 0.1) is 0 Å². The Morgan fingerprint density at radius 2 is 2.09 bits per heavy atom. The Kier molecular flexibility index (Phi) is 3.81. The smallest absolute Gasteiger partial charge is 0.326 e. The Hall–Kier alpha value is -2.42. The van der Waals surface area contributed by atoms with Crippen molar-refractivity contribution in [1.29, 1.82) is 0 Å². The Labute approximate surface area is 133 Å². The molecule has 0 atom stereocenters. The average molecular weight is 314 g/mol. The minimum atomic E-state index is -0.726. The van der Waals surface area contributed by atoms with Crippen LogP contribution in [0.15, 0.2) is 10.9 Å². The van der Waals surface area contributed by atoms with Crippen LogP contribution >= 0.6 is 0 Å². The fraction of sp³-hybridized carbons (Fsp3) is 0.429. The van der Waals surface area contributed by atoms with E-state index in [9.17, 15) is 5.02 Å². The normalized spacial score (nSPS) is 11.6. The lowest BCUT2D eigenvalue weighted by Gasteiger charge is -2.05. The van der Waals surface area contributed by atoms with Gasteiger partial charge in [0.25, 0.3) is 0 Å². The molecule has 3 aromatic heterocycles. The first-order chi connectivity index (χ1) is 11.0. The van der Waals surface area contributed by atoms with Crippen LogP contribution in [-0.4, -0.2) is 36.8 Å². The highest BCUT2D eigenvalue weighted by molar-refractivity contribution is 6.66. The summed E-state index contributed by atoms with van der Waals surface area (Å²) in [6.07, 6.45) is 2.04. The monoisotopic (exact) mass is 314 g/mol. The lowest BCUT2D eigenvalue weighted by Crippen LogP contribution is -2.30. The number of rotatable bonds is 4. The molecule has 0 amide bonds. The number of aromatic nitrogens is 5. The highest BCUT2D eigenvalue weighted by Gasteiger charge is 2.28. The second kappa shape index (κ2) is 5.66. The minimum Gasteiger partial charge on any atom is -0.446 e. The maximum atomic E-state index is 10.1. The van der Waals surface area contributed by atoms with Gasteiger partial charge < -0.3 is 15.3 Å². The molecule has 3 N–H and O–H groups in total. The van der Waals surface area contributed by atoms with E-state index in [1.807, 2.05) is 20.8 Å². The van der Waals surface area contributed by atoms with Crippen molar-refractivity contribution in [2.24, 2.45) is 0 Å². The molecule has 0 radical (unpaired) electrons. The molecule has 0 saturated heterocycles. The van der Waals surface area contributed by atoms with Gasteiger partial charge in [0.2, 0.25) is 0 Å². The fourth-order valence-corrected chi connectivity index (χ4v) is 2.71. The molecule has 3 rings (SSSR count). The first-order valence-electron chi connectivity index (χ1n) is 7.61. The second-order valence-corrected chi connectivity index (χ2v) is 5.74. The fourth-order valence-electron chi connectivity index (χ4n) is 2.71. The molecule has 0 unspecified atom stereocenters. The Morgan fingerprint density at radius 1 is 1.35 bits per heavy atom. The van der Waals surface area contributed by atoms with Crippen LogP contribution in [-0.2, 0) is 6.42 Å². The maximum Gasteiger partial charge on any atom is 0.326 e. The molecule has 0 fully saturated rings. The third-order valence-corrected chi connectivity index (χ3v) is 3.77. The summed E-state index contributed by atoms with van der Waals surface area (Å²) >= 11 is 0. The van der Waals surface area contributed by atoms with Gasteiger partial charge in [-0.2, -0.15) is 5.10 Å². The molecule has 0 aliphatic rings. The van der Waals surface area contributed by atoms with E-state index in [2.05, 4.69) is 20.2 Å². The molecule has 120 valence electrons. The maximum absolute atomic E-state index is 10.1. The number of nitrogen functional groups attached to an aromatic ring is 1. The number of nitrogens with two attached hydrogens (primary N) is 1. The van der Waals surface area contributed by atoms with Gasteiger partial charge >= 0.3 is 6.92 Å². The zero-order valence-corrected chi connectivity index (χ0v) is 13.6. The Bertz CT molecular complexity index is 854. The number of aryl methyl sites for hydroxylation is 1. The molecule has 3 aromatic rings. The lowest BCUT2D eigenvalue weighted by atomic mass is 9.62. The van der Waals surface area contributed by atoms with E-state index in [4.69, 9.17) is 10.3 Å². The highest BCUT2D eigenvalue weighted by Crippen LogP contribution is 2.30. The van der Waals surface area contributed by atoms with Crippen LogP contribution in [0.2, 0.25) is 6.82 Å². The Balaban J connectivity index is 2.36. The van der Waals surface area contributed by atoms with E-state index in [-0.39, 0.29) is 6.04 Å². The van der Waals surface area contributed by atoms with Crippen LogP contribution in [0.25, 0.3) is 22.4 Å². The van der Waals surface area contributed by atoms with E-state index >= 15 is 0 Å². The van der Waals surface area contributed by atoms with E-state index < -0.39 is 6.92 Å². The van der Waals surface area contributed by atoms with Crippen LogP contribution in [0.1, 0.15) is 32.6 Å². The van der Waals surface area contributed by atoms with Gasteiger partial charge in [-0.3, -0.25) is 0 Å². The third-order valence-electron chi connectivity index (χ3n) is 3.77. The number of hydrogen-bond donors (Lipinski definition) is 2. The molecule has 3 heterocycles. The summed E-state index contributed by atoms with van der Waals surface area (Å²) in [5.74, 6) is 0.965. The Morgan fingerprint density at radius 3 is 2.70 bits per heavy atom. The van der Waals surface area contributed by atoms with Gasteiger partial charge in [0.1, 0.15) is 29.3 Å². The van der Waals surface area contributed by atoms with Crippen molar-refractivity contribution < 1.29 is 9.55 Å². The van der Waals surface area contributed by atoms with Gasteiger partial charge in [-0.1, -0.05) is 18.9 Å². The standard InChI is InChI=1S/C14H19BN6O2/c1-5-8-10(15(4)22)12(20-23-8)11-9-13(16)17-6-18-14(9)21(19-11)7(2)3/h6-7,22H,5H2,1-4H3,(H2,16,17,18). The van der Waals surface area contributed by atoms with Crippen molar-refractivity contribution in [1.82, 2.24) is 24.9 Å². The van der Waals surface area contributed by atoms with Gasteiger partial charge in [0.15, 0.2) is 5.65 Å². The molecular formula is C14H19BN6O2. The summed E-state index contributed by atoms with van der Waals surface area (Å²) in [7, 11) is 0. The first-order valence-corrected chi connectivity index (χ1v) is 7.61. The van der Waals surface area contributed by atoms with E-state index in [1.165, 1.54) is 6.33 Å². The van der Waals surface area contributed by atoms with Crippen LogP contribution in [0.3, 0.4) is 0 Å². The van der Waals surface area contributed by atoms with Gasteiger partial charge in [0.05, 0.1) is 5.39 Å². The first kappa shape index (κ1) is 15.5. The van der Waals surface area contributed by atoms with Gasteiger partial charge in [0, 0.05) is 17.9 Å². The molecule has 0 spiro atoms. The van der Waals surface area contributed by atoms with Crippen LogP contribution in [0.5, 0.6) is 0 Å². The van der Waals surface area contributed by atoms with E-state index in [1.54, 1.807) is 11.5 Å². The van der Waals surface area contributed by atoms with Crippen molar-refractivity contribution in [2.45, 2.75) is 40.1 Å². The largest absolute Gasteiger partial charge is 0.446 e. The molecular weight excluding hydrogens is 295 g/mol. The SMILES string of the molecule is CCc1onc(-c2nn(C(C)C)c3ncnc(N)c23)c1B(C)O. The van der Waals surface area contributed by atoms with Gasteiger partial charge in [-0.25, -0.2) is 14.6 Å². The number of nitrogens with zero attached hydrogens (tertiary/aromatic N) is 5. The zero-order chi connectivity index (χ0) is 16.7. The van der Waals surface area contributed by atoms with Crippen molar-refractivity contribution >= 4 is 29.2 Å². The van der Waals surface area contributed by atoms with Crippen LogP contribution < -0.4 is 11.2 Å². The number of hydrogen-bond acceptors (Lipinski definition) is 7. The summed E-state index contributed by atoms with van der Waals surface area (Å²) in [6.45, 7) is 6.90. The van der Waals surface area contributed by atoms with Crippen LogP contribution in [0.4, 0.5) is 5.82 Å². The van der Waals surface area contributed by atoms with Gasteiger partial charge in [-0.15, -0.1) is 0 Å². The van der Waals surface area contributed by atoms with Crippen molar-refractivity contribution in [2.75, 3.05) is 5.73 Å².